The van der Waals surface area contributed by atoms with E-state index in [1.165, 1.54) is 4.68 Å². The van der Waals surface area contributed by atoms with Gasteiger partial charge in [-0.05, 0) is 54.0 Å². The fourth-order valence-electron chi connectivity index (χ4n) is 3.30. The minimum absolute atomic E-state index is 0.0919. The lowest BCUT2D eigenvalue weighted by Gasteiger charge is -2.18. The van der Waals surface area contributed by atoms with Crippen LogP contribution in [0.1, 0.15) is 17.8 Å². The summed E-state index contributed by atoms with van der Waals surface area (Å²) in [5, 5.41) is 3.27. The van der Waals surface area contributed by atoms with E-state index in [4.69, 9.17) is 22.1 Å². The van der Waals surface area contributed by atoms with Crippen LogP contribution in [-0.4, -0.2) is 15.2 Å². The van der Waals surface area contributed by atoms with Crippen LogP contribution in [0.5, 0.6) is 5.75 Å². The number of rotatable bonds is 5. The molecule has 0 aliphatic heterocycles. The Bertz CT molecular complexity index is 1130. The first-order valence-corrected chi connectivity index (χ1v) is 10.0. The summed E-state index contributed by atoms with van der Waals surface area (Å²) in [6, 6.07) is 15.7. The Hall–Kier alpha value is -3.19. The number of ether oxygens (including phenoxy) is 1. The third-order valence-electron chi connectivity index (χ3n) is 4.85. The van der Waals surface area contributed by atoms with Gasteiger partial charge in [0.2, 0.25) is 0 Å². The number of hydrogen-bond acceptors (Lipinski definition) is 3. The Morgan fingerprint density at radius 2 is 1.87 bits per heavy atom. The highest BCUT2D eigenvalue weighted by atomic mass is 35.5. The van der Waals surface area contributed by atoms with Crippen molar-refractivity contribution in [1.82, 2.24) is 9.78 Å². The molecule has 0 amide bonds. The minimum atomic E-state index is -4.56. The molecule has 160 valence electrons. The van der Waals surface area contributed by atoms with E-state index < -0.39 is 17.2 Å². The number of aromatic nitrogens is 2. The second-order valence-electron chi connectivity index (χ2n) is 7.09. The van der Waals surface area contributed by atoms with Gasteiger partial charge in [-0.2, -0.15) is 18.3 Å². The molecule has 0 fully saturated rings. The Morgan fingerprint density at radius 3 is 2.55 bits per heavy atom. The van der Waals surface area contributed by atoms with E-state index in [1.54, 1.807) is 24.3 Å². The number of nitrogen functional groups attached to an aromatic ring is 1. The second kappa shape index (κ2) is 8.51. The van der Waals surface area contributed by atoms with Gasteiger partial charge in [0, 0.05) is 5.69 Å². The first kappa shape index (κ1) is 21.1. The summed E-state index contributed by atoms with van der Waals surface area (Å²) in [5.74, 6) is 0.522. The average molecular weight is 446 g/mol. The molecule has 8 heteroatoms. The number of hydrogen-bond donors (Lipinski definition) is 1. The number of benzene rings is 2. The van der Waals surface area contributed by atoms with Crippen LogP contribution in [0.15, 0.2) is 72.8 Å². The largest absolute Gasteiger partial charge is 0.487 e. The van der Waals surface area contributed by atoms with Crippen molar-refractivity contribution >= 4 is 23.0 Å². The van der Waals surface area contributed by atoms with E-state index in [9.17, 15) is 13.2 Å². The fraction of sp³-hybridized carbons (Fsp3) is 0.174. The molecule has 0 radical (unpaired) electrons. The summed E-state index contributed by atoms with van der Waals surface area (Å²) in [6.45, 7) is -0.0919. The Kier molecular flexibility index (Phi) is 5.78. The molecule has 0 spiro atoms. The molecular formula is C23H19ClF3N3O. The molecule has 2 N–H and O–H groups in total. The molecule has 0 saturated heterocycles. The average Bonchev–Trinajstić information content (AvgIpc) is 3.17. The molecule has 31 heavy (non-hydrogen) atoms. The maximum absolute atomic E-state index is 13.3. The van der Waals surface area contributed by atoms with Gasteiger partial charge in [0.15, 0.2) is 5.69 Å². The number of anilines is 1. The fourth-order valence-corrected chi connectivity index (χ4v) is 3.56. The first-order valence-electron chi connectivity index (χ1n) is 9.57. The van der Waals surface area contributed by atoms with E-state index in [0.717, 1.165) is 17.2 Å². The van der Waals surface area contributed by atoms with Gasteiger partial charge >= 0.3 is 6.18 Å². The summed E-state index contributed by atoms with van der Waals surface area (Å²) in [7, 11) is 0. The van der Waals surface area contributed by atoms with Gasteiger partial charge in [-0.25, -0.2) is 4.68 Å². The maximum atomic E-state index is 13.3. The van der Waals surface area contributed by atoms with Crippen LogP contribution in [0, 0.1) is 0 Å². The van der Waals surface area contributed by atoms with Crippen molar-refractivity contribution in [3.05, 3.63) is 84.2 Å². The number of nitrogens with zero attached hydrogens (tertiary/aromatic N) is 2. The minimum Gasteiger partial charge on any atom is -0.487 e. The van der Waals surface area contributed by atoms with Crippen molar-refractivity contribution in [3.8, 4) is 16.9 Å². The van der Waals surface area contributed by atoms with Crippen molar-refractivity contribution in [2.24, 2.45) is 0 Å². The second-order valence-corrected chi connectivity index (χ2v) is 7.62. The zero-order valence-corrected chi connectivity index (χ0v) is 17.1. The van der Waals surface area contributed by atoms with E-state index in [-0.39, 0.29) is 12.3 Å². The van der Waals surface area contributed by atoms with Crippen molar-refractivity contribution in [1.29, 1.82) is 0 Å². The summed E-state index contributed by atoms with van der Waals surface area (Å²) in [4.78, 5) is 0. The number of alkyl halides is 4. The number of allylic oxidation sites excluding steroid dienone is 4. The smallest absolute Gasteiger partial charge is 0.435 e. The zero-order valence-electron chi connectivity index (χ0n) is 16.3. The molecule has 1 atom stereocenters. The van der Waals surface area contributed by atoms with Gasteiger partial charge in [-0.1, -0.05) is 36.4 Å². The van der Waals surface area contributed by atoms with Gasteiger partial charge in [0.1, 0.15) is 12.4 Å². The Morgan fingerprint density at radius 1 is 1.10 bits per heavy atom. The Labute approximate surface area is 182 Å². The summed E-state index contributed by atoms with van der Waals surface area (Å²) in [6.07, 6.45) is 1.22. The SMILES string of the molecule is Nc1cccc(-c2ccc(OCc3cc(C(F)(F)F)nn3C3=CC=CCC3Cl)cc2)c1. The van der Waals surface area contributed by atoms with Gasteiger partial charge < -0.3 is 10.5 Å². The molecule has 4 nitrogen and oxygen atoms in total. The van der Waals surface area contributed by atoms with Gasteiger partial charge in [0.25, 0.3) is 0 Å². The quantitative estimate of drug-likeness (QED) is 0.379. The molecule has 1 unspecified atom stereocenters. The first-order chi connectivity index (χ1) is 14.8. The van der Waals surface area contributed by atoms with E-state index >= 15 is 0 Å². The van der Waals surface area contributed by atoms with E-state index in [0.29, 0.717) is 23.6 Å². The van der Waals surface area contributed by atoms with Crippen LogP contribution in [0.25, 0.3) is 16.8 Å². The predicted molar refractivity (Wildman–Crippen MR) is 116 cm³/mol. The normalized spacial score (nSPS) is 16.3. The topological polar surface area (TPSA) is 53.1 Å². The predicted octanol–water partition coefficient (Wildman–Crippen LogP) is 6.14. The van der Waals surface area contributed by atoms with Crippen LogP contribution in [0.3, 0.4) is 0 Å². The van der Waals surface area contributed by atoms with Crippen molar-refractivity contribution < 1.29 is 17.9 Å². The van der Waals surface area contributed by atoms with Crippen LogP contribution >= 0.6 is 11.6 Å². The zero-order chi connectivity index (χ0) is 22.0. The molecule has 1 heterocycles. The molecule has 1 aliphatic rings. The lowest BCUT2D eigenvalue weighted by molar-refractivity contribution is -0.141. The molecular weight excluding hydrogens is 427 g/mol. The molecule has 0 saturated carbocycles. The monoisotopic (exact) mass is 445 g/mol. The molecule has 1 aromatic heterocycles. The van der Waals surface area contributed by atoms with Crippen molar-refractivity contribution in [3.63, 3.8) is 0 Å². The third-order valence-corrected chi connectivity index (χ3v) is 5.25. The molecule has 2 aromatic carbocycles. The highest BCUT2D eigenvalue weighted by Crippen LogP contribution is 2.32. The summed E-state index contributed by atoms with van der Waals surface area (Å²) in [5.41, 5.74) is 8.16. The van der Waals surface area contributed by atoms with Crippen molar-refractivity contribution in [2.45, 2.75) is 24.6 Å². The van der Waals surface area contributed by atoms with Crippen LogP contribution in [0.2, 0.25) is 0 Å². The summed E-state index contributed by atoms with van der Waals surface area (Å²) < 4.78 is 46.7. The number of halogens is 4. The molecule has 1 aliphatic carbocycles. The highest BCUT2D eigenvalue weighted by Gasteiger charge is 2.36. The lowest BCUT2D eigenvalue weighted by atomic mass is 10.1. The third kappa shape index (κ3) is 4.77. The van der Waals surface area contributed by atoms with Gasteiger partial charge in [-0.3, -0.25) is 0 Å². The lowest BCUT2D eigenvalue weighted by Crippen LogP contribution is -2.16. The standard InChI is InChI=1S/C23H19ClF3N3O/c24-20-6-1-2-7-21(20)30-18(13-22(29-30)23(25,26)27)14-31-19-10-8-15(9-11-19)16-4-3-5-17(28)12-16/h1-5,7-13,20H,6,14,28H2. The molecule has 3 aromatic rings. The number of nitrogens with two attached hydrogens (primary N) is 1. The Balaban J connectivity index is 1.56. The van der Waals surface area contributed by atoms with Gasteiger partial charge in [0.05, 0.1) is 16.8 Å². The molecule has 0 bridgehead atoms. The van der Waals surface area contributed by atoms with Gasteiger partial charge in [-0.15, -0.1) is 11.6 Å². The van der Waals surface area contributed by atoms with Crippen molar-refractivity contribution in [2.75, 3.05) is 5.73 Å². The maximum Gasteiger partial charge on any atom is 0.435 e. The van der Waals surface area contributed by atoms with E-state index in [2.05, 4.69) is 5.10 Å². The van der Waals surface area contributed by atoms with Crippen LogP contribution in [0.4, 0.5) is 18.9 Å². The van der Waals surface area contributed by atoms with E-state index in [1.807, 2.05) is 42.5 Å². The molecule has 4 rings (SSSR count). The highest BCUT2D eigenvalue weighted by molar-refractivity contribution is 6.25. The van der Waals surface area contributed by atoms with Crippen LogP contribution < -0.4 is 10.5 Å². The van der Waals surface area contributed by atoms with Crippen LogP contribution in [-0.2, 0) is 12.8 Å². The summed E-state index contributed by atoms with van der Waals surface area (Å²) >= 11 is 6.31.